The first kappa shape index (κ1) is 17.3. The van der Waals surface area contributed by atoms with Crippen LogP contribution in [-0.4, -0.2) is 27.9 Å². The van der Waals surface area contributed by atoms with Gasteiger partial charge in [0.15, 0.2) is 0 Å². The molecule has 0 aliphatic heterocycles. The van der Waals surface area contributed by atoms with Crippen molar-refractivity contribution in [2.75, 3.05) is 0 Å². The van der Waals surface area contributed by atoms with Gasteiger partial charge in [0, 0.05) is 11.8 Å². The van der Waals surface area contributed by atoms with Gasteiger partial charge in [0.2, 0.25) is 5.91 Å². The molecule has 0 unspecified atom stereocenters. The number of nitrogens with zero attached hydrogens (tertiary/aromatic N) is 1. The fourth-order valence-corrected chi connectivity index (χ4v) is 2.56. The molecular weight excluding hydrogens is 337 g/mol. The number of benzene rings is 2. The molecule has 2 aromatic carbocycles. The molecule has 0 aliphatic carbocycles. The number of halogens is 1. The van der Waals surface area contributed by atoms with Crippen molar-refractivity contribution in [2.45, 2.75) is 12.5 Å². The zero-order valence-corrected chi connectivity index (χ0v) is 13.6. The van der Waals surface area contributed by atoms with Crippen LogP contribution in [0.2, 0.25) is 0 Å². The molecule has 0 fully saturated rings. The van der Waals surface area contributed by atoms with Gasteiger partial charge in [0.05, 0.1) is 0 Å². The van der Waals surface area contributed by atoms with Gasteiger partial charge < -0.3 is 16.2 Å². The molecule has 132 valence electrons. The highest BCUT2D eigenvalue weighted by atomic mass is 19.1. The quantitative estimate of drug-likeness (QED) is 0.651. The van der Waals surface area contributed by atoms with Crippen LogP contribution in [0.25, 0.3) is 10.9 Å². The Kier molecular flexibility index (Phi) is 4.79. The van der Waals surface area contributed by atoms with Gasteiger partial charge in [-0.25, -0.2) is 9.37 Å². The molecule has 0 aliphatic rings. The van der Waals surface area contributed by atoms with Crippen molar-refractivity contribution in [1.29, 1.82) is 0 Å². The number of carbonyl (C=O) groups excluding carboxylic acids is 2. The summed E-state index contributed by atoms with van der Waals surface area (Å²) >= 11 is 0. The van der Waals surface area contributed by atoms with Crippen LogP contribution in [0.15, 0.2) is 54.6 Å². The summed E-state index contributed by atoms with van der Waals surface area (Å²) in [6.45, 7) is 0. The Labute approximate surface area is 148 Å². The maximum Gasteiger partial charge on any atom is 0.270 e. The number of aromatic nitrogens is 1. The second-order valence-corrected chi connectivity index (χ2v) is 5.81. The van der Waals surface area contributed by atoms with Gasteiger partial charge in [0.1, 0.15) is 28.8 Å². The molecule has 3 rings (SSSR count). The molecule has 1 atom stereocenters. The zero-order valence-electron chi connectivity index (χ0n) is 13.6. The van der Waals surface area contributed by atoms with E-state index in [1.54, 1.807) is 30.3 Å². The molecule has 0 radical (unpaired) electrons. The topological polar surface area (TPSA) is 105 Å². The first-order valence-corrected chi connectivity index (χ1v) is 7.87. The number of para-hydroxylation sites is 1. The normalized spacial score (nSPS) is 11.9. The van der Waals surface area contributed by atoms with Crippen molar-refractivity contribution in [3.05, 3.63) is 71.7 Å². The van der Waals surface area contributed by atoms with Gasteiger partial charge >= 0.3 is 0 Å². The van der Waals surface area contributed by atoms with E-state index in [1.165, 1.54) is 24.3 Å². The third kappa shape index (κ3) is 3.77. The number of amides is 2. The Bertz CT molecular complexity index is 973. The van der Waals surface area contributed by atoms with E-state index in [0.29, 0.717) is 10.9 Å². The molecule has 1 heterocycles. The average molecular weight is 353 g/mol. The number of phenols is 1. The molecule has 26 heavy (non-hydrogen) atoms. The maximum absolute atomic E-state index is 13.9. The van der Waals surface area contributed by atoms with Crippen LogP contribution < -0.4 is 11.1 Å². The predicted molar refractivity (Wildman–Crippen MR) is 94.0 cm³/mol. The molecule has 4 N–H and O–H groups in total. The number of pyridine rings is 1. The van der Waals surface area contributed by atoms with Gasteiger partial charge in [-0.2, -0.15) is 0 Å². The third-order valence-electron chi connectivity index (χ3n) is 3.93. The van der Waals surface area contributed by atoms with Crippen molar-refractivity contribution < 1.29 is 19.1 Å². The lowest BCUT2D eigenvalue weighted by atomic mass is 10.0. The first-order chi connectivity index (χ1) is 12.4. The summed E-state index contributed by atoms with van der Waals surface area (Å²) in [5.74, 6) is -1.78. The number of rotatable bonds is 5. The van der Waals surface area contributed by atoms with E-state index in [1.807, 2.05) is 0 Å². The number of nitrogens with two attached hydrogens (primary N) is 1. The smallest absolute Gasteiger partial charge is 0.270 e. The summed E-state index contributed by atoms with van der Waals surface area (Å²) in [6, 6.07) is 12.8. The van der Waals surface area contributed by atoms with E-state index in [0.717, 1.165) is 0 Å². The Morgan fingerprint density at radius 2 is 1.85 bits per heavy atom. The number of hydrogen-bond acceptors (Lipinski definition) is 4. The van der Waals surface area contributed by atoms with Crippen molar-refractivity contribution in [1.82, 2.24) is 10.3 Å². The zero-order chi connectivity index (χ0) is 18.7. The highest BCUT2D eigenvalue weighted by Crippen LogP contribution is 2.16. The third-order valence-corrected chi connectivity index (χ3v) is 3.93. The lowest BCUT2D eigenvalue weighted by molar-refractivity contribution is -0.119. The molecule has 2 amide bonds. The first-order valence-electron chi connectivity index (χ1n) is 7.87. The second kappa shape index (κ2) is 7.18. The van der Waals surface area contributed by atoms with Crippen molar-refractivity contribution in [3.8, 4) is 5.75 Å². The molecule has 7 heteroatoms. The number of nitrogens with one attached hydrogen (secondary N) is 1. The van der Waals surface area contributed by atoms with Crippen LogP contribution in [0, 0.1) is 5.82 Å². The summed E-state index contributed by atoms with van der Waals surface area (Å²) in [7, 11) is 0. The summed E-state index contributed by atoms with van der Waals surface area (Å²) in [5, 5.41) is 12.4. The number of carbonyl (C=O) groups is 2. The van der Waals surface area contributed by atoms with Gasteiger partial charge in [-0.3, -0.25) is 9.59 Å². The van der Waals surface area contributed by atoms with Crippen molar-refractivity contribution >= 4 is 22.7 Å². The summed E-state index contributed by atoms with van der Waals surface area (Å²) < 4.78 is 13.9. The maximum atomic E-state index is 13.9. The lowest BCUT2D eigenvalue weighted by Crippen LogP contribution is -2.46. The molecule has 0 saturated carbocycles. The van der Waals surface area contributed by atoms with Crippen LogP contribution in [-0.2, 0) is 11.2 Å². The van der Waals surface area contributed by atoms with E-state index < -0.39 is 23.7 Å². The molecule has 1 aromatic heterocycles. The standard InChI is InChI=1S/C19H16FN3O3/c20-14-3-1-2-12-6-9-15(22-17(12)14)19(26)23-16(18(21)25)10-11-4-7-13(24)8-5-11/h1-9,16,24H,10H2,(H2,21,25)(H,23,26)/t16-/m0/s1. The molecule has 3 aromatic rings. The molecule has 0 spiro atoms. The van der Waals surface area contributed by atoms with Crippen LogP contribution in [0.3, 0.4) is 0 Å². The number of hydrogen-bond donors (Lipinski definition) is 3. The monoisotopic (exact) mass is 353 g/mol. The molecule has 6 nitrogen and oxygen atoms in total. The van der Waals surface area contributed by atoms with Crippen LogP contribution in [0.4, 0.5) is 4.39 Å². The van der Waals surface area contributed by atoms with E-state index in [2.05, 4.69) is 10.3 Å². The minimum absolute atomic E-state index is 0.0143. The number of fused-ring (bicyclic) bond motifs is 1. The highest BCUT2D eigenvalue weighted by Gasteiger charge is 2.20. The fourth-order valence-electron chi connectivity index (χ4n) is 2.56. The van der Waals surface area contributed by atoms with E-state index in [9.17, 15) is 19.1 Å². The predicted octanol–water partition coefficient (Wildman–Crippen LogP) is 1.91. The SMILES string of the molecule is NC(=O)[C@H](Cc1ccc(O)cc1)NC(=O)c1ccc2cccc(F)c2n1. The number of aromatic hydroxyl groups is 1. The van der Waals surface area contributed by atoms with Crippen LogP contribution in [0.1, 0.15) is 16.1 Å². The van der Waals surface area contributed by atoms with E-state index in [4.69, 9.17) is 5.73 Å². The number of phenolic OH excluding ortho intramolecular Hbond substituents is 1. The van der Waals surface area contributed by atoms with Crippen LogP contribution in [0.5, 0.6) is 5.75 Å². The number of primary amides is 1. The van der Waals surface area contributed by atoms with Crippen LogP contribution >= 0.6 is 0 Å². The van der Waals surface area contributed by atoms with Gasteiger partial charge in [-0.05, 0) is 29.8 Å². The van der Waals surface area contributed by atoms with Crippen molar-refractivity contribution in [3.63, 3.8) is 0 Å². The Hall–Kier alpha value is -3.48. The molecule has 0 saturated heterocycles. The average Bonchev–Trinajstić information content (AvgIpc) is 2.63. The Morgan fingerprint density at radius 1 is 1.12 bits per heavy atom. The Morgan fingerprint density at radius 3 is 2.54 bits per heavy atom. The van der Waals surface area contributed by atoms with Gasteiger partial charge in [-0.15, -0.1) is 0 Å². The Balaban J connectivity index is 1.80. The largest absolute Gasteiger partial charge is 0.508 e. The minimum Gasteiger partial charge on any atom is -0.508 e. The fraction of sp³-hybridized carbons (Fsp3) is 0.105. The van der Waals surface area contributed by atoms with E-state index in [-0.39, 0.29) is 23.4 Å². The summed E-state index contributed by atoms with van der Waals surface area (Å²) in [4.78, 5) is 28.1. The summed E-state index contributed by atoms with van der Waals surface area (Å²) in [6.07, 6.45) is 0.156. The highest BCUT2D eigenvalue weighted by molar-refractivity contribution is 5.97. The second-order valence-electron chi connectivity index (χ2n) is 5.81. The lowest BCUT2D eigenvalue weighted by Gasteiger charge is -2.15. The van der Waals surface area contributed by atoms with Crippen molar-refractivity contribution in [2.24, 2.45) is 5.73 Å². The van der Waals surface area contributed by atoms with E-state index >= 15 is 0 Å². The minimum atomic E-state index is -0.967. The van der Waals surface area contributed by atoms with Gasteiger partial charge in [-0.1, -0.05) is 30.3 Å². The summed E-state index contributed by atoms with van der Waals surface area (Å²) in [5.41, 5.74) is 6.15. The molecular formula is C19H16FN3O3. The molecule has 0 bridgehead atoms. The van der Waals surface area contributed by atoms with Gasteiger partial charge in [0.25, 0.3) is 5.91 Å².